The molecule has 1 aliphatic heterocycles. The highest BCUT2D eigenvalue weighted by Gasteiger charge is 2.25. The van der Waals surface area contributed by atoms with Crippen LogP contribution >= 0.6 is 0 Å². The van der Waals surface area contributed by atoms with Gasteiger partial charge in [0.2, 0.25) is 5.91 Å². The molecule has 1 aliphatic rings. The number of nitrogens with zero attached hydrogens (tertiary/aromatic N) is 1. The molecule has 2 N–H and O–H groups in total. The highest BCUT2D eigenvalue weighted by Crippen LogP contribution is 2.17. The van der Waals surface area contributed by atoms with Crippen molar-refractivity contribution in [2.45, 2.75) is 45.4 Å². The Hall–Kier alpha value is -1.68. The van der Waals surface area contributed by atoms with E-state index in [4.69, 9.17) is 5.73 Å². The molecule has 0 bridgehead atoms. The predicted octanol–water partition coefficient (Wildman–Crippen LogP) is 2.80. The Kier molecular flexibility index (Phi) is 6.78. The number of likely N-dealkylation sites (tertiary alicyclic amines) is 1. The van der Waals surface area contributed by atoms with Crippen LogP contribution in [0, 0.1) is 5.92 Å². The molecule has 126 valence electrons. The average Bonchev–Trinajstić information content (AvgIpc) is 3.07. The number of nitrogens with two attached hydrogens (primary N) is 1. The van der Waals surface area contributed by atoms with E-state index in [1.807, 2.05) is 29.2 Å². The minimum Gasteiger partial charge on any atom is -0.342 e. The lowest BCUT2D eigenvalue weighted by Gasteiger charge is -2.15. The first-order valence-corrected chi connectivity index (χ1v) is 8.74. The van der Waals surface area contributed by atoms with Crippen molar-refractivity contribution >= 4 is 11.7 Å². The lowest BCUT2D eigenvalue weighted by Crippen LogP contribution is -2.30. The SMILES string of the molecule is CCCCc1ccc(C(=O)CCC(=O)N2CCC(CN)C2)cc1. The molecule has 1 heterocycles. The summed E-state index contributed by atoms with van der Waals surface area (Å²) in [6.07, 6.45) is 4.96. The van der Waals surface area contributed by atoms with E-state index in [1.54, 1.807) is 0 Å². The highest BCUT2D eigenvalue weighted by molar-refractivity contribution is 5.98. The van der Waals surface area contributed by atoms with Crippen molar-refractivity contribution in [2.24, 2.45) is 11.7 Å². The van der Waals surface area contributed by atoms with Gasteiger partial charge in [-0.2, -0.15) is 0 Å². The molecule has 1 amide bonds. The number of carbonyl (C=O) groups excluding carboxylic acids is 2. The molecular formula is C19H28N2O2. The maximum Gasteiger partial charge on any atom is 0.223 e. The summed E-state index contributed by atoms with van der Waals surface area (Å²) < 4.78 is 0. The summed E-state index contributed by atoms with van der Waals surface area (Å²) >= 11 is 0. The lowest BCUT2D eigenvalue weighted by molar-refractivity contribution is -0.130. The average molecular weight is 316 g/mol. The van der Waals surface area contributed by atoms with Gasteiger partial charge in [-0.25, -0.2) is 0 Å². The third-order valence-corrected chi connectivity index (χ3v) is 4.63. The van der Waals surface area contributed by atoms with Crippen molar-refractivity contribution < 1.29 is 9.59 Å². The van der Waals surface area contributed by atoms with Gasteiger partial charge in [0, 0.05) is 31.5 Å². The van der Waals surface area contributed by atoms with E-state index >= 15 is 0 Å². The van der Waals surface area contributed by atoms with E-state index in [-0.39, 0.29) is 18.1 Å². The predicted molar refractivity (Wildman–Crippen MR) is 92.4 cm³/mol. The van der Waals surface area contributed by atoms with Gasteiger partial charge in [0.05, 0.1) is 0 Å². The first-order chi connectivity index (χ1) is 11.1. The van der Waals surface area contributed by atoms with Gasteiger partial charge in [-0.1, -0.05) is 37.6 Å². The van der Waals surface area contributed by atoms with Crippen LogP contribution < -0.4 is 5.73 Å². The Labute approximate surface area is 139 Å². The summed E-state index contributed by atoms with van der Waals surface area (Å²) in [5, 5.41) is 0. The normalized spacial score (nSPS) is 17.5. The number of benzene rings is 1. The minimum atomic E-state index is 0.0509. The van der Waals surface area contributed by atoms with E-state index in [2.05, 4.69) is 6.92 Å². The van der Waals surface area contributed by atoms with Crippen LogP contribution in [0.5, 0.6) is 0 Å². The number of amides is 1. The molecule has 1 aromatic rings. The second-order valence-corrected chi connectivity index (χ2v) is 6.45. The number of ketones is 1. The fourth-order valence-corrected chi connectivity index (χ4v) is 3.01. The summed E-state index contributed by atoms with van der Waals surface area (Å²) in [5.74, 6) is 0.550. The smallest absolute Gasteiger partial charge is 0.223 e. The van der Waals surface area contributed by atoms with Gasteiger partial charge in [-0.15, -0.1) is 0 Å². The quantitative estimate of drug-likeness (QED) is 0.750. The third-order valence-electron chi connectivity index (χ3n) is 4.63. The number of Topliss-reactive ketones (excluding diaryl/α,β-unsaturated/α-hetero) is 1. The van der Waals surface area contributed by atoms with E-state index < -0.39 is 0 Å². The molecule has 0 aliphatic carbocycles. The van der Waals surface area contributed by atoms with E-state index in [9.17, 15) is 9.59 Å². The van der Waals surface area contributed by atoms with Crippen LogP contribution in [0.3, 0.4) is 0 Å². The molecule has 4 heteroatoms. The van der Waals surface area contributed by atoms with Crippen LogP contribution in [-0.4, -0.2) is 36.2 Å². The largest absolute Gasteiger partial charge is 0.342 e. The molecule has 1 atom stereocenters. The maximum absolute atomic E-state index is 12.2. The van der Waals surface area contributed by atoms with Crippen LogP contribution in [0.15, 0.2) is 24.3 Å². The Morgan fingerprint density at radius 1 is 1.22 bits per heavy atom. The minimum absolute atomic E-state index is 0.0509. The van der Waals surface area contributed by atoms with Gasteiger partial charge < -0.3 is 10.6 Å². The summed E-state index contributed by atoms with van der Waals surface area (Å²) in [6.45, 7) is 4.33. The summed E-state index contributed by atoms with van der Waals surface area (Å²) in [7, 11) is 0. The highest BCUT2D eigenvalue weighted by atomic mass is 16.2. The van der Waals surface area contributed by atoms with Crippen molar-refractivity contribution in [1.29, 1.82) is 0 Å². The maximum atomic E-state index is 12.2. The number of aryl methyl sites for hydroxylation is 1. The topological polar surface area (TPSA) is 63.4 Å². The summed E-state index contributed by atoms with van der Waals surface area (Å²) in [6, 6.07) is 7.82. The molecule has 4 nitrogen and oxygen atoms in total. The zero-order valence-corrected chi connectivity index (χ0v) is 14.1. The number of hydrogen-bond acceptors (Lipinski definition) is 3. The molecule has 0 aromatic heterocycles. The van der Waals surface area contributed by atoms with Crippen molar-refractivity contribution in [2.75, 3.05) is 19.6 Å². The second kappa shape index (κ2) is 8.82. The Morgan fingerprint density at radius 3 is 2.57 bits per heavy atom. The number of unbranched alkanes of at least 4 members (excludes halogenated alkanes) is 1. The standard InChI is InChI=1S/C19H28N2O2/c1-2-3-4-15-5-7-17(8-6-15)18(22)9-10-19(23)21-12-11-16(13-20)14-21/h5-8,16H,2-4,9-14,20H2,1H3. The molecule has 1 unspecified atom stereocenters. The summed E-state index contributed by atoms with van der Waals surface area (Å²) in [5.41, 5.74) is 7.62. The van der Waals surface area contributed by atoms with Crippen LogP contribution in [-0.2, 0) is 11.2 Å². The van der Waals surface area contributed by atoms with Crippen molar-refractivity contribution in [3.63, 3.8) is 0 Å². The number of carbonyl (C=O) groups is 2. The molecule has 0 saturated carbocycles. The Balaban J connectivity index is 1.79. The van der Waals surface area contributed by atoms with Crippen LogP contribution in [0.1, 0.15) is 54.9 Å². The van der Waals surface area contributed by atoms with Gasteiger partial charge in [-0.3, -0.25) is 9.59 Å². The number of hydrogen-bond donors (Lipinski definition) is 1. The van der Waals surface area contributed by atoms with Crippen LogP contribution in [0.2, 0.25) is 0 Å². The molecule has 1 fully saturated rings. The Bertz CT molecular complexity index is 525. The van der Waals surface area contributed by atoms with Gasteiger partial charge in [0.1, 0.15) is 0 Å². The molecule has 1 aromatic carbocycles. The zero-order valence-electron chi connectivity index (χ0n) is 14.1. The first-order valence-electron chi connectivity index (χ1n) is 8.74. The third kappa shape index (κ3) is 5.17. The first kappa shape index (κ1) is 17.7. The number of rotatable bonds is 8. The molecule has 2 rings (SSSR count). The second-order valence-electron chi connectivity index (χ2n) is 6.45. The van der Waals surface area contributed by atoms with Crippen molar-refractivity contribution in [3.8, 4) is 0 Å². The summed E-state index contributed by atoms with van der Waals surface area (Å²) in [4.78, 5) is 26.2. The van der Waals surface area contributed by atoms with E-state index in [0.717, 1.165) is 25.9 Å². The monoisotopic (exact) mass is 316 g/mol. The van der Waals surface area contributed by atoms with Crippen LogP contribution in [0.4, 0.5) is 0 Å². The fourth-order valence-electron chi connectivity index (χ4n) is 3.01. The van der Waals surface area contributed by atoms with E-state index in [1.165, 1.54) is 18.4 Å². The molecule has 23 heavy (non-hydrogen) atoms. The van der Waals surface area contributed by atoms with Gasteiger partial charge in [-0.05, 0) is 37.3 Å². The van der Waals surface area contributed by atoms with Gasteiger partial charge in [0.15, 0.2) is 5.78 Å². The van der Waals surface area contributed by atoms with Crippen molar-refractivity contribution in [3.05, 3.63) is 35.4 Å². The molecular weight excluding hydrogens is 288 g/mol. The fraction of sp³-hybridized carbons (Fsp3) is 0.579. The van der Waals surface area contributed by atoms with E-state index in [0.29, 0.717) is 24.4 Å². The molecule has 0 spiro atoms. The van der Waals surface area contributed by atoms with Crippen molar-refractivity contribution in [1.82, 2.24) is 4.90 Å². The zero-order chi connectivity index (χ0) is 16.7. The van der Waals surface area contributed by atoms with Crippen LogP contribution in [0.25, 0.3) is 0 Å². The molecule has 1 saturated heterocycles. The Morgan fingerprint density at radius 2 is 1.96 bits per heavy atom. The molecule has 0 radical (unpaired) electrons. The van der Waals surface area contributed by atoms with Gasteiger partial charge >= 0.3 is 0 Å². The lowest BCUT2D eigenvalue weighted by atomic mass is 10.0. The van der Waals surface area contributed by atoms with Gasteiger partial charge in [0.25, 0.3) is 0 Å².